The molecule has 1 aromatic carbocycles. The zero-order valence-electron chi connectivity index (χ0n) is 14.6. The summed E-state index contributed by atoms with van der Waals surface area (Å²) in [6.07, 6.45) is 0.791. The van der Waals surface area contributed by atoms with E-state index in [1.54, 1.807) is 5.38 Å². The van der Waals surface area contributed by atoms with Gasteiger partial charge in [0.15, 0.2) is 0 Å². The van der Waals surface area contributed by atoms with Crippen molar-refractivity contribution in [1.82, 2.24) is 20.3 Å². The van der Waals surface area contributed by atoms with Gasteiger partial charge in [0.1, 0.15) is 16.5 Å². The summed E-state index contributed by atoms with van der Waals surface area (Å²) in [7, 11) is 0. The van der Waals surface area contributed by atoms with E-state index in [1.165, 1.54) is 11.3 Å². The Hall–Kier alpha value is -1.67. The molecule has 9 heteroatoms. The Morgan fingerprint density at radius 3 is 2.62 bits per heavy atom. The van der Waals surface area contributed by atoms with E-state index in [0.29, 0.717) is 18.2 Å². The number of para-hydroxylation sites is 2. The lowest BCUT2D eigenvalue weighted by Crippen LogP contribution is -2.30. The molecule has 1 atom stereocenters. The van der Waals surface area contributed by atoms with E-state index in [9.17, 15) is 4.79 Å². The Balaban J connectivity index is 0.00000169. The fourth-order valence-corrected chi connectivity index (χ4v) is 3.24. The van der Waals surface area contributed by atoms with Crippen LogP contribution in [0.2, 0.25) is 0 Å². The number of aromatic amines is 1. The van der Waals surface area contributed by atoms with Crippen molar-refractivity contribution in [3.8, 4) is 0 Å². The highest BCUT2D eigenvalue weighted by Gasteiger charge is 2.21. The number of nitrogens with one attached hydrogen (secondary N) is 2. The summed E-state index contributed by atoms with van der Waals surface area (Å²) in [5, 5.41) is 5.54. The predicted molar refractivity (Wildman–Crippen MR) is 110 cm³/mol. The maximum Gasteiger partial charge on any atom is 0.271 e. The zero-order chi connectivity index (χ0) is 17.1. The second kappa shape index (κ2) is 9.87. The molecule has 2 aromatic heterocycles. The standard InChI is InChI=1S/C17H21N5OS.2ClH/c1-10(2)7-13(16-20-11-5-3-4-6-12(11)21-16)22-17(23)14-9-24-15(8-18)19-14;;/h3-6,9-10,13H,7-8,18H2,1-2H3,(H,20,21)(H,22,23);2*1H. The van der Waals surface area contributed by atoms with Gasteiger partial charge in [-0.2, -0.15) is 0 Å². The molecule has 142 valence electrons. The Bertz CT molecular complexity index is 815. The number of amides is 1. The Labute approximate surface area is 168 Å². The molecule has 0 aliphatic rings. The summed E-state index contributed by atoms with van der Waals surface area (Å²) in [6, 6.07) is 7.66. The van der Waals surface area contributed by atoms with E-state index in [4.69, 9.17) is 5.73 Å². The number of nitrogens with two attached hydrogens (primary N) is 1. The van der Waals surface area contributed by atoms with Crippen LogP contribution in [0.25, 0.3) is 11.0 Å². The highest BCUT2D eigenvalue weighted by molar-refractivity contribution is 7.09. The first kappa shape index (κ1) is 22.4. The van der Waals surface area contributed by atoms with Crippen molar-refractivity contribution in [2.24, 2.45) is 11.7 Å². The third-order valence-electron chi connectivity index (χ3n) is 3.71. The third kappa shape index (κ3) is 5.17. The Morgan fingerprint density at radius 2 is 2.00 bits per heavy atom. The number of halogens is 2. The molecule has 0 aliphatic carbocycles. The monoisotopic (exact) mass is 415 g/mol. The molecule has 0 bridgehead atoms. The number of nitrogens with zero attached hydrogens (tertiary/aromatic N) is 2. The van der Waals surface area contributed by atoms with E-state index >= 15 is 0 Å². The number of H-pyrrole nitrogens is 1. The molecule has 0 aliphatic heterocycles. The van der Waals surface area contributed by atoms with Crippen LogP contribution >= 0.6 is 36.2 Å². The van der Waals surface area contributed by atoms with Crippen molar-refractivity contribution in [2.45, 2.75) is 32.9 Å². The number of hydrogen-bond donors (Lipinski definition) is 3. The van der Waals surface area contributed by atoms with Crippen LogP contribution in [-0.2, 0) is 6.54 Å². The van der Waals surface area contributed by atoms with Gasteiger partial charge in [0.05, 0.1) is 17.1 Å². The van der Waals surface area contributed by atoms with Crippen molar-refractivity contribution in [2.75, 3.05) is 0 Å². The number of benzene rings is 1. The summed E-state index contributed by atoms with van der Waals surface area (Å²) >= 11 is 1.40. The van der Waals surface area contributed by atoms with Crippen LogP contribution in [0.5, 0.6) is 0 Å². The van der Waals surface area contributed by atoms with Crippen molar-refractivity contribution in [1.29, 1.82) is 0 Å². The fraction of sp³-hybridized carbons (Fsp3) is 0.353. The number of carbonyl (C=O) groups is 1. The number of imidazole rings is 1. The number of thiazole rings is 1. The molecule has 6 nitrogen and oxygen atoms in total. The van der Waals surface area contributed by atoms with Crippen molar-refractivity contribution >= 4 is 53.1 Å². The van der Waals surface area contributed by atoms with Gasteiger partial charge in [-0.3, -0.25) is 4.79 Å². The molecule has 0 saturated carbocycles. The molecule has 0 fully saturated rings. The molecule has 3 aromatic rings. The molecular weight excluding hydrogens is 393 g/mol. The molecule has 0 spiro atoms. The average molecular weight is 416 g/mol. The second-order valence-corrected chi connectivity index (χ2v) is 7.07. The minimum Gasteiger partial charge on any atom is -0.341 e. The van der Waals surface area contributed by atoms with Gasteiger partial charge >= 0.3 is 0 Å². The first-order valence-corrected chi connectivity index (χ1v) is 8.84. The van der Waals surface area contributed by atoms with Gasteiger partial charge < -0.3 is 16.0 Å². The first-order chi connectivity index (χ1) is 11.6. The van der Waals surface area contributed by atoms with Crippen molar-refractivity contribution in [3.05, 3.63) is 46.2 Å². The summed E-state index contributed by atoms with van der Waals surface area (Å²) in [6.45, 7) is 4.59. The number of aromatic nitrogens is 3. The lowest BCUT2D eigenvalue weighted by Gasteiger charge is -2.18. The summed E-state index contributed by atoms with van der Waals surface area (Å²) in [5.74, 6) is 0.989. The molecule has 0 radical (unpaired) electrons. The largest absolute Gasteiger partial charge is 0.341 e. The van der Waals surface area contributed by atoms with Crippen molar-refractivity contribution < 1.29 is 4.79 Å². The summed E-state index contributed by atoms with van der Waals surface area (Å²) < 4.78 is 0. The zero-order valence-corrected chi connectivity index (χ0v) is 17.0. The molecule has 26 heavy (non-hydrogen) atoms. The van der Waals surface area contributed by atoms with Crippen LogP contribution in [0.4, 0.5) is 0 Å². The third-order valence-corrected chi connectivity index (χ3v) is 4.58. The maximum absolute atomic E-state index is 12.5. The van der Waals surface area contributed by atoms with Crippen LogP contribution in [0.3, 0.4) is 0 Å². The summed E-state index contributed by atoms with van der Waals surface area (Å²) in [4.78, 5) is 24.7. The number of hydrogen-bond acceptors (Lipinski definition) is 5. The molecule has 1 amide bonds. The van der Waals surface area contributed by atoms with Crippen LogP contribution in [-0.4, -0.2) is 20.9 Å². The highest BCUT2D eigenvalue weighted by atomic mass is 35.5. The smallest absolute Gasteiger partial charge is 0.271 e. The van der Waals surface area contributed by atoms with Gasteiger partial charge in [-0.1, -0.05) is 26.0 Å². The molecular formula is C17H23Cl2N5OS. The van der Waals surface area contributed by atoms with Crippen LogP contribution < -0.4 is 11.1 Å². The normalized spacial score (nSPS) is 11.7. The van der Waals surface area contributed by atoms with E-state index in [2.05, 4.69) is 34.1 Å². The van der Waals surface area contributed by atoms with Crippen LogP contribution in [0, 0.1) is 5.92 Å². The van der Waals surface area contributed by atoms with E-state index in [1.807, 2.05) is 24.3 Å². The average Bonchev–Trinajstić information content (AvgIpc) is 3.20. The topological polar surface area (TPSA) is 96.7 Å². The Kier molecular flexibility index (Phi) is 8.49. The van der Waals surface area contributed by atoms with Crippen LogP contribution in [0.15, 0.2) is 29.6 Å². The Morgan fingerprint density at radius 1 is 1.27 bits per heavy atom. The minimum atomic E-state index is -0.197. The number of fused-ring (bicyclic) bond motifs is 1. The van der Waals surface area contributed by atoms with Crippen molar-refractivity contribution in [3.63, 3.8) is 0 Å². The van der Waals surface area contributed by atoms with Gasteiger partial charge in [0, 0.05) is 11.9 Å². The SMILES string of the molecule is CC(C)CC(NC(=O)c1csc(CN)n1)c1nc2ccccc2[nH]1.Cl.Cl. The molecule has 1 unspecified atom stereocenters. The first-order valence-electron chi connectivity index (χ1n) is 7.96. The minimum absolute atomic E-state index is 0. The van der Waals surface area contributed by atoms with Gasteiger partial charge in [-0.05, 0) is 24.5 Å². The molecule has 4 N–H and O–H groups in total. The van der Waals surface area contributed by atoms with Gasteiger partial charge in [0.25, 0.3) is 5.91 Å². The van der Waals surface area contributed by atoms with Gasteiger partial charge in [0.2, 0.25) is 0 Å². The lowest BCUT2D eigenvalue weighted by atomic mass is 10.0. The molecule has 2 heterocycles. The van der Waals surface area contributed by atoms with Crippen LogP contribution in [0.1, 0.15) is 47.6 Å². The molecule has 3 rings (SSSR count). The van der Waals surface area contributed by atoms with E-state index < -0.39 is 0 Å². The van der Waals surface area contributed by atoms with Gasteiger partial charge in [-0.15, -0.1) is 36.2 Å². The van der Waals surface area contributed by atoms with E-state index in [-0.39, 0.29) is 36.8 Å². The molecule has 0 saturated heterocycles. The van der Waals surface area contributed by atoms with E-state index in [0.717, 1.165) is 28.3 Å². The highest BCUT2D eigenvalue weighted by Crippen LogP contribution is 2.22. The number of rotatable bonds is 6. The summed E-state index contributed by atoms with van der Waals surface area (Å²) in [5.41, 5.74) is 7.84. The second-order valence-electron chi connectivity index (χ2n) is 6.13. The van der Waals surface area contributed by atoms with Gasteiger partial charge in [-0.25, -0.2) is 9.97 Å². The fourth-order valence-electron chi connectivity index (χ4n) is 2.59. The number of carbonyl (C=O) groups excluding carboxylic acids is 1. The predicted octanol–water partition coefficient (Wildman–Crippen LogP) is 3.84. The lowest BCUT2D eigenvalue weighted by molar-refractivity contribution is 0.0925. The quantitative estimate of drug-likeness (QED) is 0.569. The maximum atomic E-state index is 12.5.